The number of carbonyl (C=O) groups is 4. The second-order valence-electron chi connectivity index (χ2n) is 11.9. The fraction of sp³-hybridized carbons (Fsp3) is 0.364. The van der Waals surface area contributed by atoms with Crippen molar-refractivity contribution in [2.24, 2.45) is 5.92 Å². The van der Waals surface area contributed by atoms with E-state index in [2.05, 4.69) is 26.5 Å². The van der Waals surface area contributed by atoms with Crippen molar-refractivity contribution in [2.45, 2.75) is 63.5 Å². The first-order chi connectivity index (χ1) is 21.4. The van der Waals surface area contributed by atoms with Crippen LogP contribution in [0.1, 0.15) is 78.1 Å². The van der Waals surface area contributed by atoms with Crippen LogP contribution < -0.4 is 10.6 Å². The third-order valence-corrected chi connectivity index (χ3v) is 9.03. The van der Waals surface area contributed by atoms with Crippen LogP contribution in [0, 0.1) is 5.92 Å². The fourth-order valence-electron chi connectivity index (χ4n) is 6.74. The minimum absolute atomic E-state index is 0.0991. The lowest BCUT2D eigenvalue weighted by Gasteiger charge is -2.29. The molecule has 0 radical (unpaired) electrons. The number of fused-ring (bicyclic) bond motifs is 2. The van der Waals surface area contributed by atoms with E-state index in [0.29, 0.717) is 12.0 Å². The summed E-state index contributed by atoms with van der Waals surface area (Å²) in [7, 11) is 0. The molecule has 3 unspecified atom stereocenters. The van der Waals surface area contributed by atoms with E-state index < -0.39 is 23.8 Å². The molecule has 11 heteroatoms. The van der Waals surface area contributed by atoms with Crippen LogP contribution in [0.3, 0.4) is 0 Å². The Bertz CT molecular complexity index is 1780. The van der Waals surface area contributed by atoms with Crippen LogP contribution >= 0.6 is 0 Å². The maximum Gasteiger partial charge on any atom is 0.262 e. The van der Waals surface area contributed by atoms with Crippen molar-refractivity contribution in [1.82, 2.24) is 30.0 Å². The molecule has 44 heavy (non-hydrogen) atoms. The van der Waals surface area contributed by atoms with Gasteiger partial charge in [-0.2, -0.15) is 5.10 Å². The summed E-state index contributed by atoms with van der Waals surface area (Å²) in [6, 6.07) is 12.4. The van der Waals surface area contributed by atoms with Crippen molar-refractivity contribution < 1.29 is 19.2 Å². The molecule has 2 N–H and O–H groups in total. The van der Waals surface area contributed by atoms with Crippen molar-refractivity contribution in [3.8, 4) is 11.3 Å². The maximum absolute atomic E-state index is 13.1. The van der Waals surface area contributed by atoms with E-state index in [1.807, 2.05) is 36.7 Å². The zero-order valence-electron chi connectivity index (χ0n) is 24.2. The van der Waals surface area contributed by atoms with Gasteiger partial charge in [0.05, 0.1) is 46.3 Å². The van der Waals surface area contributed by atoms with Gasteiger partial charge in [-0.25, -0.2) is 4.98 Å². The van der Waals surface area contributed by atoms with Gasteiger partial charge in [0.1, 0.15) is 6.04 Å². The third kappa shape index (κ3) is 5.34. The number of nitrogens with zero attached hydrogens (tertiary/aromatic N) is 5. The van der Waals surface area contributed by atoms with Gasteiger partial charge in [0.2, 0.25) is 11.8 Å². The number of imide groups is 2. The van der Waals surface area contributed by atoms with E-state index >= 15 is 0 Å². The number of piperidine rings is 1. The van der Waals surface area contributed by atoms with Crippen LogP contribution in [-0.4, -0.2) is 60.9 Å². The lowest BCUT2D eigenvalue weighted by Crippen LogP contribution is -2.54. The van der Waals surface area contributed by atoms with Gasteiger partial charge < -0.3 is 5.32 Å². The normalized spacial score (nSPS) is 21.9. The summed E-state index contributed by atoms with van der Waals surface area (Å²) in [5, 5.41) is 10.3. The van der Waals surface area contributed by atoms with E-state index in [9.17, 15) is 19.2 Å². The summed E-state index contributed by atoms with van der Waals surface area (Å²) in [6.07, 6.45) is 12.6. The Balaban J connectivity index is 0.922. The zero-order chi connectivity index (χ0) is 30.2. The third-order valence-electron chi connectivity index (χ3n) is 9.03. The highest BCUT2D eigenvalue weighted by atomic mass is 16.2. The molecule has 3 aliphatic rings. The maximum atomic E-state index is 13.1. The quantitative estimate of drug-likeness (QED) is 0.225. The number of hydrogen-bond donors (Lipinski definition) is 2. The molecule has 2 fully saturated rings. The van der Waals surface area contributed by atoms with Gasteiger partial charge in [-0.3, -0.25) is 39.1 Å². The highest BCUT2D eigenvalue weighted by Crippen LogP contribution is 2.35. The second-order valence-corrected chi connectivity index (χ2v) is 11.9. The summed E-state index contributed by atoms with van der Waals surface area (Å²) in [5.74, 6) is -1.38. The van der Waals surface area contributed by atoms with Gasteiger partial charge in [0, 0.05) is 30.4 Å². The molecule has 1 saturated carbocycles. The summed E-state index contributed by atoms with van der Waals surface area (Å²) in [5.41, 5.74) is 4.89. The van der Waals surface area contributed by atoms with E-state index in [1.165, 1.54) is 12.8 Å². The zero-order valence-corrected chi connectivity index (χ0v) is 24.2. The first-order valence-corrected chi connectivity index (χ1v) is 15.3. The first kappa shape index (κ1) is 27.9. The molecule has 2 aromatic heterocycles. The topological polar surface area (TPSA) is 139 Å². The minimum Gasteiger partial charge on any atom is -0.385 e. The molecule has 4 amide bonds. The molecule has 2 aromatic carbocycles. The fourth-order valence-corrected chi connectivity index (χ4v) is 6.74. The molecule has 2 aliphatic heterocycles. The lowest BCUT2D eigenvalue weighted by atomic mass is 9.83. The number of aromatic nitrogens is 4. The van der Waals surface area contributed by atoms with Crippen molar-refractivity contribution in [3.63, 3.8) is 0 Å². The predicted molar refractivity (Wildman–Crippen MR) is 163 cm³/mol. The summed E-state index contributed by atoms with van der Waals surface area (Å²) in [6.45, 7) is 0.742. The standard InChI is InChI=1S/C33H33N7O4/c41-30-13-12-29(31(42)38-30)40-32(43)24-11-10-22(16-25(24)33(40)44)34-14-4-6-20-5-3-7-23(15-20)39-19-21(17-36-39)28-18-35-26-8-1-2-9-27(26)37-28/h1-2,8-11,16-20,23,29,34H,3-7,12-15H2,(H,38,41,42). The number of amides is 4. The summed E-state index contributed by atoms with van der Waals surface area (Å²) < 4.78 is 2.09. The number of hydrogen-bond acceptors (Lipinski definition) is 8. The molecule has 7 rings (SSSR count). The van der Waals surface area contributed by atoms with Gasteiger partial charge in [0.25, 0.3) is 11.8 Å². The Kier molecular flexibility index (Phi) is 7.37. The van der Waals surface area contributed by atoms with E-state index in [-0.39, 0.29) is 29.9 Å². The number of benzene rings is 2. The molecule has 4 aromatic rings. The van der Waals surface area contributed by atoms with E-state index in [4.69, 9.17) is 10.1 Å². The number of anilines is 1. The van der Waals surface area contributed by atoms with Gasteiger partial charge in [-0.1, -0.05) is 25.0 Å². The number of para-hydroxylation sites is 2. The Hall–Kier alpha value is -4.93. The van der Waals surface area contributed by atoms with Gasteiger partial charge >= 0.3 is 0 Å². The SMILES string of the molecule is O=C1CCC(N2C(=O)c3ccc(NCCCC4CCCC(n5cc(-c6cnc7ccccc7n6)cn5)C4)cc3C2=O)C(=O)N1. The molecule has 0 bridgehead atoms. The van der Waals surface area contributed by atoms with Crippen LogP contribution in [0.15, 0.2) is 61.1 Å². The number of nitrogens with one attached hydrogen (secondary N) is 2. The summed E-state index contributed by atoms with van der Waals surface area (Å²) in [4.78, 5) is 60.2. The van der Waals surface area contributed by atoms with Crippen LogP contribution in [0.5, 0.6) is 0 Å². The summed E-state index contributed by atoms with van der Waals surface area (Å²) >= 11 is 0. The van der Waals surface area contributed by atoms with E-state index in [1.54, 1.807) is 18.2 Å². The Morgan fingerprint density at radius 2 is 1.77 bits per heavy atom. The Morgan fingerprint density at radius 1 is 0.932 bits per heavy atom. The van der Waals surface area contributed by atoms with Crippen LogP contribution in [0.2, 0.25) is 0 Å². The predicted octanol–water partition coefficient (Wildman–Crippen LogP) is 4.52. The average molecular weight is 592 g/mol. The minimum atomic E-state index is -0.962. The van der Waals surface area contributed by atoms with Crippen molar-refractivity contribution in [1.29, 1.82) is 0 Å². The molecule has 3 atom stereocenters. The second kappa shape index (κ2) is 11.6. The number of carbonyl (C=O) groups excluding carboxylic acids is 4. The molecular weight excluding hydrogens is 558 g/mol. The van der Waals surface area contributed by atoms with Crippen molar-refractivity contribution in [2.75, 3.05) is 11.9 Å². The highest BCUT2D eigenvalue weighted by molar-refractivity contribution is 6.23. The smallest absolute Gasteiger partial charge is 0.262 e. The molecule has 4 heterocycles. The Morgan fingerprint density at radius 3 is 2.64 bits per heavy atom. The van der Waals surface area contributed by atoms with Crippen molar-refractivity contribution in [3.05, 3.63) is 72.2 Å². The largest absolute Gasteiger partial charge is 0.385 e. The van der Waals surface area contributed by atoms with Gasteiger partial charge in [-0.05, 0) is 68.4 Å². The molecule has 11 nitrogen and oxygen atoms in total. The van der Waals surface area contributed by atoms with Crippen LogP contribution in [-0.2, 0) is 9.59 Å². The van der Waals surface area contributed by atoms with Gasteiger partial charge in [0.15, 0.2) is 0 Å². The first-order valence-electron chi connectivity index (χ1n) is 15.3. The lowest BCUT2D eigenvalue weighted by molar-refractivity contribution is -0.136. The average Bonchev–Trinajstić information content (AvgIpc) is 3.63. The van der Waals surface area contributed by atoms with E-state index in [0.717, 1.165) is 65.1 Å². The molecule has 1 saturated heterocycles. The molecular formula is C33H33N7O4. The Labute approximate surface area is 254 Å². The molecule has 224 valence electrons. The molecule has 0 spiro atoms. The van der Waals surface area contributed by atoms with Crippen LogP contribution in [0.25, 0.3) is 22.3 Å². The van der Waals surface area contributed by atoms with Crippen molar-refractivity contribution >= 4 is 40.3 Å². The monoisotopic (exact) mass is 591 g/mol. The van der Waals surface area contributed by atoms with Crippen LogP contribution in [0.4, 0.5) is 5.69 Å². The molecule has 1 aliphatic carbocycles. The highest BCUT2D eigenvalue weighted by Gasteiger charge is 2.44. The number of rotatable bonds is 8. The van der Waals surface area contributed by atoms with Gasteiger partial charge in [-0.15, -0.1) is 0 Å².